The Morgan fingerprint density at radius 2 is 2.05 bits per heavy atom. The van der Waals surface area contributed by atoms with Crippen LogP contribution in [0.3, 0.4) is 0 Å². The fourth-order valence-electron chi connectivity index (χ4n) is 5.49. The third-order valence-electron chi connectivity index (χ3n) is 7.50. The van der Waals surface area contributed by atoms with Crippen molar-refractivity contribution in [3.8, 4) is 5.88 Å². The summed E-state index contributed by atoms with van der Waals surface area (Å²) in [4.78, 5) is 19.5. The van der Waals surface area contributed by atoms with E-state index in [0.29, 0.717) is 67.1 Å². The quantitative estimate of drug-likeness (QED) is 0.391. The average molecular weight is 601 g/mol. The summed E-state index contributed by atoms with van der Waals surface area (Å²) >= 11 is 6.14. The van der Waals surface area contributed by atoms with Crippen LogP contribution in [0.4, 0.5) is 19.1 Å². The van der Waals surface area contributed by atoms with Gasteiger partial charge in [0, 0.05) is 23.2 Å². The molecule has 1 aromatic heterocycles. The van der Waals surface area contributed by atoms with Crippen LogP contribution in [0.2, 0.25) is 5.02 Å². The zero-order chi connectivity index (χ0) is 27.8. The number of hydrogen-bond acceptors (Lipinski definition) is 7. The number of nitrogens with two attached hydrogens (primary N) is 1. The minimum absolute atomic E-state index is 0. The number of rotatable bonds is 6. The number of alkyl halides is 3. The molecule has 1 spiro atoms. The number of ether oxygens (including phenoxy) is 2. The van der Waals surface area contributed by atoms with Gasteiger partial charge >= 0.3 is 12.1 Å². The van der Waals surface area contributed by atoms with Crippen molar-refractivity contribution < 1.29 is 32.5 Å². The summed E-state index contributed by atoms with van der Waals surface area (Å²) in [6.07, 6.45) is -0.313. The van der Waals surface area contributed by atoms with Gasteiger partial charge in [-0.3, -0.25) is 4.79 Å². The number of carboxylic acid groups (broad SMARTS) is 1. The lowest BCUT2D eigenvalue weighted by atomic mass is 9.73. The molecule has 3 aliphatic rings. The van der Waals surface area contributed by atoms with E-state index < -0.39 is 24.3 Å². The molecule has 40 heavy (non-hydrogen) atoms. The van der Waals surface area contributed by atoms with E-state index in [4.69, 9.17) is 26.8 Å². The molecule has 0 bridgehead atoms. The summed E-state index contributed by atoms with van der Waals surface area (Å²) in [6.45, 7) is 1.25. The summed E-state index contributed by atoms with van der Waals surface area (Å²) in [5, 5.41) is 12.7. The van der Waals surface area contributed by atoms with Gasteiger partial charge in [-0.15, -0.1) is 12.4 Å². The molecule has 8 nitrogen and oxygen atoms in total. The number of hydrogen-bond donors (Lipinski definition) is 3. The van der Waals surface area contributed by atoms with Crippen molar-refractivity contribution in [2.24, 2.45) is 5.41 Å². The molecule has 1 fully saturated rings. The molecule has 2 aliphatic heterocycles. The topological polar surface area (TPSA) is 120 Å². The zero-order valence-corrected chi connectivity index (χ0v) is 22.9. The average Bonchev–Trinajstić information content (AvgIpc) is 3.31. The molecular formula is C27H29Cl2F3N4O4. The highest BCUT2D eigenvalue weighted by atomic mass is 35.5. The lowest BCUT2D eigenvalue weighted by Gasteiger charge is -2.32. The summed E-state index contributed by atoms with van der Waals surface area (Å²) in [5.74, 6) is -1.38. The van der Waals surface area contributed by atoms with Crippen LogP contribution in [0.25, 0.3) is 11.1 Å². The molecule has 1 saturated heterocycles. The van der Waals surface area contributed by atoms with Crippen molar-refractivity contribution >= 4 is 47.1 Å². The number of benzene rings is 1. The number of nitrogens with zero attached hydrogens (tertiary/aromatic N) is 2. The first-order valence-electron chi connectivity index (χ1n) is 12.6. The standard InChI is InChI=1S/C27H28ClF3N4O4.ClH/c28-17-3-4-18(19(10-17)16-2-1-9-38-13-16)23(27(29,30)31)39-22-11-20(34-25(32)35-22)15-5-7-26(8-6-15)12-21(24(36)37)33-14-26;/h2-5,10-11,21,23,33H,1,6-9,12-14H2,(H,36,37)(H2,32,34,35);1H/t21-,23-,26-;/m1./s1. The van der Waals surface area contributed by atoms with E-state index in [2.05, 4.69) is 15.3 Å². The van der Waals surface area contributed by atoms with Crippen molar-refractivity contribution in [1.29, 1.82) is 0 Å². The minimum atomic E-state index is -4.77. The Bertz CT molecular complexity index is 1340. The third-order valence-corrected chi connectivity index (χ3v) is 7.74. The highest BCUT2D eigenvalue weighted by Crippen LogP contribution is 2.45. The normalized spacial score (nSPS) is 23.6. The Morgan fingerprint density at radius 3 is 2.67 bits per heavy atom. The molecule has 3 heterocycles. The van der Waals surface area contributed by atoms with Crippen molar-refractivity contribution in [2.75, 3.05) is 25.5 Å². The molecule has 0 unspecified atom stereocenters. The van der Waals surface area contributed by atoms with Crippen molar-refractivity contribution in [1.82, 2.24) is 15.3 Å². The first-order chi connectivity index (χ1) is 18.5. The van der Waals surface area contributed by atoms with Crippen LogP contribution < -0.4 is 15.8 Å². The molecule has 216 valence electrons. The largest absolute Gasteiger partial charge is 0.480 e. The number of nitrogen functional groups attached to an aromatic ring is 1. The predicted molar refractivity (Wildman–Crippen MR) is 146 cm³/mol. The maximum Gasteiger partial charge on any atom is 0.429 e. The maximum absolute atomic E-state index is 14.4. The van der Waals surface area contributed by atoms with E-state index in [1.54, 1.807) is 0 Å². The smallest absolute Gasteiger partial charge is 0.429 e. The van der Waals surface area contributed by atoms with E-state index in [9.17, 15) is 23.1 Å². The Balaban J connectivity index is 0.00000370. The van der Waals surface area contributed by atoms with Gasteiger partial charge in [-0.1, -0.05) is 29.8 Å². The van der Waals surface area contributed by atoms with Crippen LogP contribution in [0, 0.1) is 5.41 Å². The van der Waals surface area contributed by atoms with Gasteiger partial charge < -0.3 is 25.6 Å². The molecule has 3 atom stereocenters. The number of nitrogens with one attached hydrogen (secondary N) is 1. The van der Waals surface area contributed by atoms with E-state index in [1.165, 1.54) is 24.3 Å². The van der Waals surface area contributed by atoms with Crippen LogP contribution in [0.5, 0.6) is 5.88 Å². The number of carboxylic acids is 1. The lowest BCUT2D eigenvalue weighted by Crippen LogP contribution is -2.30. The second-order valence-corrected chi connectivity index (χ2v) is 10.6. The Hall–Kier alpha value is -2.86. The van der Waals surface area contributed by atoms with Crippen LogP contribution in [-0.4, -0.2) is 53.0 Å². The first kappa shape index (κ1) is 30.1. The predicted octanol–water partition coefficient (Wildman–Crippen LogP) is 5.62. The van der Waals surface area contributed by atoms with Gasteiger partial charge in [0.25, 0.3) is 0 Å². The van der Waals surface area contributed by atoms with E-state index in [1.807, 2.05) is 12.2 Å². The van der Waals surface area contributed by atoms with E-state index in [0.717, 1.165) is 5.57 Å². The molecule has 4 N–H and O–H groups in total. The molecule has 1 aromatic carbocycles. The van der Waals surface area contributed by atoms with Gasteiger partial charge in [0.05, 0.1) is 18.9 Å². The first-order valence-corrected chi connectivity index (χ1v) is 13.0. The highest BCUT2D eigenvalue weighted by molar-refractivity contribution is 6.30. The van der Waals surface area contributed by atoms with Gasteiger partial charge in [-0.05, 0) is 66.4 Å². The van der Waals surface area contributed by atoms with Gasteiger partial charge in [0.2, 0.25) is 17.9 Å². The third kappa shape index (κ3) is 6.54. The van der Waals surface area contributed by atoms with Crippen molar-refractivity contribution in [3.63, 3.8) is 0 Å². The fourth-order valence-corrected chi connectivity index (χ4v) is 5.66. The number of carbonyl (C=O) groups is 1. The Labute approximate surface area is 240 Å². The fraction of sp³-hybridized carbons (Fsp3) is 0.444. The monoisotopic (exact) mass is 600 g/mol. The zero-order valence-electron chi connectivity index (χ0n) is 21.3. The van der Waals surface area contributed by atoms with Crippen LogP contribution in [0.15, 0.2) is 36.4 Å². The molecular weight excluding hydrogens is 572 g/mol. The lowest BCUT2D eigenvalue weighted by molar-refractivity contribution is -0.198. The second kappa shape index (κ2) is 11.9. The molecule has 2 aromatic rings. The minimum Gasteiger partial charge on any atom is -0.480 e. The number of aromatic nitrogens is 2. The molecule has 13 heteroatoms. The molecule has 0 amide bonds. The molecule has 0 saturated carbocycles. The highest BCUT2D eigenvalue weighted by Gasteiger charge is 2.45. The van der Waals surface area contributed by atoms with Crippen LogP contribution >= 0.6 is 24.0 Å². The maximum atomic E-state index is 14.4. The summed E-state index contributed by atoms with van der Waals surface area (Å²) < 4.78 is 54.2. The SMILES string of the molecule is Cl.Nc1nc(O[C@H](c2ccc(Cl)cc2C2=CCCOC2)C(F)(F)F)cc(C2=CC[C@]3(CC2)CN[C@@H](C(=O)O)C3)n1. The Morgan fingerprint density at radius 1 is 1.25 bits per heavy atom. The molecule has 0 radical (unpaired) electrons. The van der Waals surface area contributed by atoms with E-state index >= 15 is 0 Å². The number of halogens is 5. The second-order valence-electron chi connectivity index (χ2n) is 10.2. The van der Waals surface area contributed by atoms with Gasteiger partial charge in [0.15, 0.2) is 0 Å². The van der Waals surface area contributed by atoms with Crippen LogP contribution in [-0.2, 0) is 9.53 Å². The number of aliphatic carboxylic acids is 1. The van der Waals surface area contributed by atoms with E-state index in [-0.39, 0.29) is 41.8 Å². The van der Waals surface area contributed by atoms with Gasteiger partial charge in [-0.2, -0.15) is 18.2 Å². The van der Waals surface area contributed by atoms with Gasteiger partial charge in [0.1, 0.15) is 6.04 Å². The number of allylic oxidation sites excluding steroid dienone is 2. The van der Waals surface area contributed by atoms with Gasteiger partial charge in [-0.25, -0.2) is 4.98 Å². The van der Waals surface area contributed by atoms with Crippen LogP contribution in [0.1, 0.15) is 55.0 Å². The molecule has 5 rings (SSSR count). The Kier molecular flexibility index (Phi) is 8.99. The summed E-state index contributed by atoms with van der Waals surface area (Å²) in [6, 6.07) is 4.96. The molecule has 1 aliphatic carbocycles. The number of anilines is 1. The van der Waals surface area contributed by atoms with Crippen molar-refractivity contribution in [2.45, 2.75) is 50.4 Å². The van der Waals surface area contributed by atoms with Crippen molar-refractivity contribution in [3.05, 3.63) is 58.3 Å². The summed E-state index contributed by atoms with van der Waals surface area (Å²) in [7, 11) is 0. The summed E-state index contributed by atoms with van der Waals surface area (Å²) in [5.41, 5.74) is 7.71.